The van der Waals surface area contributed by atoms with Crippen LogP contribution in [0.5, 0.6) is 0 Å². The van der Waals surface area contributed by atoms with E-state index < -0.39 is 5.97 Å². The summed E-state index contributed by atoms with van der Waals surface area (Å²) >= 11 is 0. The number of carbonyl (C=O) groups excluding carboxylic acids is 2. The summed E-state index contributed by atoms with van der Waals surface area (Å²) in [6.45, 7) is 8.10. The number of hydrogen-bond donors (Lipinski definition) is 0. The Kier molecular flexibility index (Phi) is 5.95. The molecule has 2 heterocycles. The number of carbonyl (C=O) groups is 2. The van der Waals surface area contributed by atoms with Gasteiger partial charge >= 0.3 is 5.97 Å². The minimum absolute atomic E-state index is 0.00615. The highest BCUT2D eigenvalue weighted by molar-refractivity contribution is 5.95. The molecule has 0 radical (unpaired) electrons. The fraction of sp³-hybridized carbons (Fsp3) is 0.269. The van der Waals surface area contributed by atoms with E-state index in [-0.39, 0.29) is 30.3 Å². The van der Waals surface area contributed by atoms with E-state index in [0.29, 0.717) is 5.56 Å². The van der Waals surface area contributed by atoms with Crippen LogP contribution in [-0.4, -0.2) is 45.2 Å². The van der Waals surface area contributed by atoms with Crippen molar-refractivity contribution in [2.75, 3.05) is 6.61 Å². The Bertz CT molecular complexity index is 1170. The van der Waals surface area contributed by atoms with Crippen LogP contribution in [0.1, 0.15) is 47.2 Å². The van der Waals surface area contributed by atoms with Crippen LogP contribution in [0.4, 0.5) is 0 Å². The van der Waals surface area contributed by atoms with Crippen molar-refractivity contribution in [2.45, 2.75) is 39.8 Å². The smallest absolute Gasteiger partial charge is 0.358 e. The normalized spacial score (nSPS) is 17.6. The van der Waals surface area contributed by atoms with Crippen LogP contribution in [0.2, 0.25) is 0 Å². The Morgan fingerprint density at radius 3 is 2.28 bits per heavy atom. The van der Waals surface area contributed by atoms with Crippen LogP contribution in [0.3, 0.4) is 0 Å². The molecule has 0 spiro atoms. The molecule has 6 heteroatoms. The van der Waals surface area contributed by atoms with Gasteiger partial charge in [-0.05, 0) is 63.6 Å². The quantitative estimate of drug-likeness (QED) is 0.431. The van der Waals surface area contributed by atoms with E-state index in [1.165, 1.54) is 0 Å². The maximum atomic E-state index is 13.0. The first-order chi connectivity index (χ1) is 15.4. The first kappa shape index (κ1) is 21.6. The zero-order valence-electron chi connectivity index (χ0n) is 18.8. The highest BCUT2D eigenvalue weighted by atomic mass is 16.5. The highest BCUT2D eigenvalue weighted by Crippen LogP contribution is 2.28. The standard InChI is InChI=1S/C26H27N3O3/c1-5-32-26(31)23-16-24(22-9-7-6-8-17(22)2)29(27-23)21-14-12-20(13-15-21)25(30)28-18(3)10-11-19(28)4/h6-16,18-19H,5H2,1-4H3/t18-,19-/m1/s1. The molecule has 1 aliphatic heterocycles. The van der Waals surface area contributed by atoms with E-state index in [4.69, 9.17) is 4.74 Å². The summed E-state index contributed by atoms with van der Waals surface area (Å²) in [5, 5.41) is 4.53. The molecule has 1 amide bonds. The second-order valence-corrected chi connectivity index (χ2v) is 7.99. The van der Waals surface area contributed by atoms with Crippen LogP contribution in [0, 0.1) is 6.92 Å². The SMILES string of the molecule is CCOC(=O)c1cc(-c2ccccc2C)n(-c2ccc(C(=O)N3[C@H](C)C=C[C@H]3C)cc2)n1. The average Bonchev–Trinajstić information content (AvgIpc) is 3.37. The monoisotopic (exact) mass is 429 g/mol. The summed E-state index contributed by atoms with van der Waals surface area (Å²) < 4.78 is 6.88. The van der Waals surface area contributed by atoms with Crippen LogP contribution >= 0.6 is 0 Å². The minimum Gasteiger partial charge on any atom is -0.461 e. The topological polar surface area (TPSA) is 64.4 Å². The van der Waals surface area contributed by atoms with Gasteiger partial charge in [0, 0.05) is 23.2 Å². The van der Waals surface area contributed by atoms with Crippen LogP contribution in [0.25, 0.3) is 16.9 Å². The molecule has 1 aromatic heterocycles. The molecule has 0 unspecified atom stereocenters. The molecular formula is C26H27N3O3. The van der Waals surface area contributed by atoms with Gasteiger partial charge in [-0.1, -0.05) is 36.4 Å². The lowest BCUT2D eigenvalue weighted by atomic mass is 10.1. The second-order valence-electron chi connectivity index (χ2n) is 7.99. The maximum absolute atomic E-state index is 13.0. The van der Waals surface area contributed by atoms with Gasteiger partial charge in [0.25, 0.3) is 5.91 Å². The van der Waals surface area contributed by atoms with Crippen molar-refractivity contribution in [1.82, 2.24) is 14.7 Å². The van der Waals surface area contributed by atoms with E-state index in [0.717, 1.165) is 22.5 Å². The zero-order chi connectivity index (χ0) is 22.8. The summed E-state index contributed by atoms with van der Waals surface area (Å²) in [5.41, 5.74) is 4.46. The van der Waals surface area contributed by atoms with Gasteiger partial charge in [-0.15, -0.1) is 0 Å². The summed E-state index contributed by atoms with van der Waals surface area (Å²) in [6, 6.07) is 17.2. The molecule has 3 aromatic rings. The summed E-state index contributed by atoms with van der Waals surface area (Å²) in [5.74, 6) is -0.467. The molecule has 0 saturated heterocycles. The Labute approximate surface area is 188 Å². The Hall–Kier alpha value is -3.67. The van der Waals surface area contributed by atoms with E-state index in [1.54, 1.807) is 17.7 Å². The van der Waals surface area contributed by atoms with Crippen molar-refractivity contribution in [1.29, 1.82) is 0 Å². The van der Waals surface area contributed by atoms with Crippen molar-refractivity contribution in [3.05, 3.63) is 83.6 Å². The Balaban J connectivity index is 1.72. The summed E-state index contributed by atoms with van der Waals surface area (Å²) in [6.07, 6.45) is 4.10. The molecule has 32 heavy (non-hydrogen) atoms. The number of esters is 1. The van der Waals surface area contributed by atoms with Crippen LogP contribution < -0.4 is 0 Å². The first-order valence-electron chi connectivity index (χ1n) is 10.8. The zero-order valence-corrected chi connectivity index (χ0v) is 18.8. The Morgan fingerprint density at radius 2 is 1.66 bits per heavy atom. The van der Waals surface area contributed by atoms with Crippen molar-refractivity contribution in [3.8, 4) is 16.9 Å². The van der Waals surface area contributed by atoms with E-state index in [1.807, 2.05) is 86.4 Å². The van der Waals surface area contributed by atoms with Gasteiger partial charge in [0.15, 0.2) is 5.69 Å². The van der Waals surface area contributed by atoms with Crippen LogP contribution in [-0.2, 0) is 4.74 Å². The van der Waals surface area contributed by atoms with Gasteiger partial charge in [-0.2, -0.15) is 5.10 Å². The summed E-state index contributed by atoms with van der Waals surface area (Å²) in [4.78, 5) is 27.2. The molecule has 0 bridgehead atoms. The number of aromatic nitrogens is 2. The van der Waals surface area contributed by atoms with E-state index in [9.17, 15) is 9.59 Å². The van der Waals surface area contributed by atoms with Crippen LogP contribution in [0.15, 0.2) is 66.7 Å². The van der Waals surface area contributed by atoms with Gasteiger partial charge in [-0.3, -0.25) is 4.79 Å². The van der Waals surface area contributed by atoms with Gasteiger partial charge < -0.3 is 9.64 Å². The predicted molar refractivity (Wildman–Crippen MR) is 124 cm³/mol. The van der Waals surface area contributed by atoms with E-state index >= 15 is 0 Å². The van der Waals surface area contributed by atoms with Crippen molar-refractivity contribution < 1.29 is 14.3 Å². The largest absolute Gasteiger partial charge is 0.461 e. The number of hydrogen-bond acceptors (Lipinski definition) is 4. The molecule has 2 atom stereocenters. The lowest BCUT2D eigenvalue weighted by Gasteiger charge is -2.26. The number of amides is 1. The lowest BCUT2D eigenvalue weighted by molar-refractivity contribution is 0.0518. The fourth-order valence-electron chi connectivity index (χ4n) is 4.08. The van der Waals surface area contributed by atoms with Crippen molar-refractivity contribution >= 4 is 11.9 Å². The fourth-order valence-corrected chi connectivity index (χ4v) is 4.08. The first-order valence-corrected chi connectivity index (χ1v) is 10.8. The third-order valence-corrected chi connectivity index (χ3v) is 5.75. The summed E-state index contributed by atoms with van der Waals surface area (Å²) in [7, 11) is 0. The molecule has 0 fully saturated rings. The molecule has 2 aromatic carbocycles. The molecule has 0 aliphatic carbocycles. The molecule has 1 aliphatic rings. The number of rotatable bonds is 5. The van der Waals surface area contributed by atoms with Gasteiger partial charge in [0.2, 0.25) is 0 Å². The number of aryl methyl sites for hydroxylation is 1. The lowest BCUT2D eigenvalue weighted by Crippen LogP contribution is -2.39. The highest BCUT2D eigenvalue weighted by Gasteiger charge is 2.28. The molecule has 6 nitrogen and oxygen atoms in total. The second kappa shape index (κ2) is 8.83. The maximum Gasteiger partial charge on any atom is 0.358 e. The van der Waals surface area contributed by atoms with E-state index in [2.05, 4.69) is 5.10 Å². The average molecular weight is 430 g/mol. The number of nitrogens with zero attached hydrogens (tertiary/aromatic N) is 3. The Morgan fingerprint density at radius 1 is 1.00 bits per heavy atom. The molecule has 0 N–H and O–H groups in total. The minimum atomic E-state index is -0.461. The van der Waals surface area contributed by atoms with Gasteiger partial charge in [-0.25, -0.2) is 9.48 Å². The van der Waals surface area contributed by atoms with Gasteiger partial charge in [0.1, 0.15) is 0 Å². The van der Waals surface area contributed by atoms with Gasteiger partial charge in [0.05, 0.1) is 18.0 Å². The number of benzene rings is 2. The molecule has 0 saturated carbocycles. The molecular weight excluding hydrogens is 402 g/mol. The molecule has 4 rings (SSSR count). The van der Waals surface area contributed by atoms with Crippen molar-refractivity contribution in [2.24, 2.45) is 0 Å². The predicted octanol–water partition coefficient (Wildman–Crippen LogP) is 4.81. The third kappa shape index (κ3) is 3.96. The third-order valence-electron chi connectivity index (χ3n) is 5.75. The molecule has 164 valence electrons. The number of ether oxygens (including phenoxy) is 1. The van der Waals surface area contributed by atoms with Crippen molar-refractivity contribution in [3.63, 3.8) is 0 Å².